The number of hydrogen-bond donors (Lipinski definition) is 2. The molecular weight excluding hydrogens is 134 g/mol. The molecule has 0 aromatic heterocycles. The molecule has 0 unspecified atom stereocenters. The second kappa shape index (κ2) is 2.51. The molecule has 9 heavy (non-hydrogen) atoms. The van der Waals surface area contributed by atoms with Crippen LogP contribution in [-0.2, 0) is 0 Å². The van der Waals surface area contributed by atoms with Gasteiger partial charge in [-0.15, -0.1) is 0 Å². The first-order valence-corrected chi connectivity index (χ1v) is 4.49. The molecule has 0 spiro atoms. The van der Waals surface area contributed by atoms with Crippen molar-refractivity contribution in [2.45, 2.75) is 0 Å². The molecule has 0 radical (unpaired) electrons. The van der Waals surface area contributed by atoms with E-state index < -0.39 is 10.4 Å². The van der Waals surface area contributed by atoms with Gasteiger partial charge in [-0.2, -0.15) is 0 Å². The van der Waals surface area contributed by atoms with Crippen molar-refractivity contribution in [1.29, 1.82) is 0 Å². The number of aliphatic imine (C=N–C) groups is 1. The summed E-state index contributed by atoms with van der Waals surface area (Å²) in [6.45, 7) is 0. The maximum absolute atomic E-state index is 3.99. The largest absolute Gasteiger partial charge is 0.265 e. The van der Waals surface area contributed by atoms with Gasteiger partial charge >= 0.3 is 0 Å². The van der Waals surface area contributed by atoms with E-state index in [-0.39, 0.29) is 0 Å². The van der Waals surface area contributed by atoms with Crippen LogP contribution in [0, 0.1) is 0 Å². The fourth-order valence-corrected chi connectivity index (χ4v) is 1.92. The molecule has 0 aromatic rings. The molecule has 0 amide bonds. The third-order valence-electron chi connectivity index (χ3n) is 1.26. The molecule has 1 rings (SSSR count). The van der Waals surface area contributed by atoms with Gasteiger partial charge in [0.1, 0.15) is 0 Å². The summed E-state index contributed by atoms with van der Waals surface area (Å²) in [5.74, 6) is 0. The Morgan fingerprint density at radius 2 is 2.00 bits per heavy atom. The Labute approximate surface area is 56.8 Å². The number of hydrogen-bond acceptors (Lipinski definition) is 3. The minimum atomic E-state index is -1.01. The third-order valence-corrected chi connectivity index (χ3v) is 3.62. The van der Waals surface area contributed by atoms with Crippen molar-refractivity contribution in [2.24, 2.45) is 4.99 Å². The van der Waals surface area contributed by atoms with E-state index in [1.54, 1.807) is 0 Å². The first kappa shape index (κ1) is 6.80. The maximum atomic E-state index is 3.99. The van der Waals surface area contributed by atoms with E-state index in [0.29, 0.717) is 0 Å². The van der Waals surface area contributed by atoms with Gasteiger partial charge < -0.3 is 0 Å². The fraction of sp³-hybridized carbons (Fsp3) is 0.400. The summed E-state index contributed by atoms with van der Waals surface area (Å²) in [7, 11) is 2.84. The Hall–Kier alpha value is -0.320. The van der Waals surface area contributed by atoms with Crippen molar-refractivity contribution in [1.82, 2.24) is 9.44 Å². The van der Waals surface area contributed by atoms with Gasteiger partial charge in [0.05, 0.1) is 5.55 Å². The molecule has 0 saturated heterocycles. The summed E-state index contributed by atoms with van der Waals surface area (Å²) in [6.07, 6.45) is 1.81. The van der Waals surface area contributed by atoms with E-state index >= 15 is 0 Å². The summed E-state index contributed by atoms with van der Waals surface area (Å²) in [4.78, 5) is 3.99. The van der Waals surface area contributed by atoms with Gasteiger partial charge in [-0.25, -0.2) is 0 Å². The van der Waals surface area contributed by atoms with Crippen LogP contribution in [0.5, 0.6) is 0 Å². The Kier molecular flexibility index (Phi) is 1.90. The molecule has 4 heteroatoms. The Morgan fingerprint density at radius 1 is 1.33 bits per heavy atom. The van der Waals surface area contributed by atoms with E-state index in [1.807, 2.05) is 31.2 Å². The molecule has 0 saturated carbocycles. The quantitative estimate of drug-likeness (QED) is 0.596. The predicted octanol–water partition coefficient (Wildman–Crippen LogP) is 0.573. The zero-order valence-corrected chi connectivity index (χ0v) is 6.40. The molecular formula is C5H11N3S. The number of nitrogens with zero attached hydrogens (tertiary/aromatic N) is 1. The third kappa shape index (κ3) is 1.15. The van der Waals surface area contributed by atoms with Crippen LogP contribution in [-0.4, -0.2) is 19.6 Å². The molecule has 0 bridgehead atoms. The molecule has 0 aromatic carbocycles. The minimum absolute atomic E-state index is 1.01. The highest BCUT2D eigenvalue weighted by Gasteiger charge is 2.14. The average molecular weight is 145 g/mol. The van der Waals surface area contributed by atoms with Gasteiger partial charge in [0.2, 0.25) is 0 Å². The van der Waals surface area contributed by atoms with Gasteiger partial charge in [0.25, 0.3) is 0 Å². The summed E-state index contributed by atoms with van der Waals surface area (Å²) in [6, 6.07) is 0. The lowest BCUT2D eigenvalue weighted by Crippen LogP contribution is -2.25. The van der Waals surface area contributed by atoms with Crippen LogP contribution in [0.2, 0.25) is 0 Å². The molecule has 3 nitrogen and oxygen atoms in total. The van der Waals surface area contributed by atoms with Crippen LogP contribution in [0.25, 0.3) is 0 Å². The molecule has 0 fully saturated rings. The van der Waals surface area contributed by atoms with Crippen LogP contribution in [0.3, 0.4) is 0 Å². The zero-order valence-electron chi connectivity index (χ0n) is 5.59. The lowest BCUT2D eigenvalue weighted by molar-refractivity contribution is 1.18. The maximum Gasteiger partial charge on any atom is 0.0714 e. The van der Waals surface area contributed by atoms with Gasteiger partial charge in [-0.1, -0.05) is 10.4 Å². The van der Waals surface area contributed by atoms with Crippen molar-refractivity contribution in [2.75, 3.05) is 14.1 Å². The predicted molar refractivity (Wildman–Crippen MR) is 43.3 cm³/mol. The first-order chi connectivity index (χ1) is 4.33. The first-order valence-electron chi connectivity index (χ1n) is 2.73. The van der Waals surface area contributed by atoms with Crippen LogP contribution >= 0.6 is 10.4 Å². The minimum Gasteiger partial charge on any atom is -0.265 e. The number of rotatable bonds is 2. The van der Waals surface area contributed by atoms with Crippen molar-refractivity contribution in [3.63, 3.8) is 0 Å². The van der Waals surface area contributed by atoms with Crippen molar-refractivity contribution in [3.05, 3.63) is 11.6 Å². The van der Waals surface area contributed by atoms with Crippen LogP contribution < -0.4 is 9.44 Å². The molecule has 2 N–H and O–H groups in total. The zero-order chi connectivity index (χ0) is 6.74. The topological polar surface area (TPSA) is 36.4 Å². The molecule has 1 heterocycles. The molecule has 0 aliphatic carbocycles. The molecule has 1 aliphatic rings. The van der Waals surface area contributed by atoms with Gasteiger partial charge in [-0.05, 0) is 14.1 Å². The SMILES string of the molecule is CNS1(NC)C=CN=C1. The summed E-state index contributed by atoms with van der Waals surface area (Å²) >= 11 is 0. The summed E-state index contributed by atoms with van der Waals surface area (Å²) < 4.78 is 6.33. The molecule has 0 atom stereocenters. The van der Waals surface area contributed by atoms with Crippen molar-refractivity contribution < 1.29 is 0 Å². The summed E-state index contributed by atoms with van der Waals surface area (Å²) in [5, 5.41) is 2.05. The van der Waals surface area contributed by atoms with Crippen molar-refractivity contribution in [3.8, 4) is 0 Å². The van der Waals surface area contributed by atoms with Gasteiger partial charge in [0, 0.05) is 11.6 Å². The van der Waals surface area contributed by atoms with E-state index in [2.05, 4.69) is 14.4 Å². The van der Waals surface area contributed by atoms with E-state index in [1.165, 1.54) is 0 Å². The van der Waals surface area contributed by atoms with Crippen LogP contribution in [0.4, 0.5) is 0 Å². The second-order valence-electron chi connectivity index (χ2n) is 1.66. The lowest BCUT2D eigenvalue weighted by atomic mass is 11.1. The van der Waals surface area contributed by atoms with Crippen molar-refractivity contribution >= 4 is 15.9 Å². The highest BCUT2D eigenvalue weighted by atomic mass is 32.3. The smallest absolute Gasteiger partial charge is 0.0714 e. The Morgan fingerprint density at radius 3 is 2.22 bits per heavy atom. The lowest BCUT2D eigenvalue weighted by Gasteiger charge is -2.27. The van der Waals surface area contributed by atoms with Crippen LogP contribution in [0.15, 0.2) is 16.6 Å². The van der Waals surface area contributed by atoms with Gasteiger partial charge in [0.15, 0.2) is 0 Å². The number of nitrogens with one attached hydrogen (secondary N) is 2. The normalized spacial score (nSPS) is 24.7. The van der Waals surface area contributed by atoms with Gasteiger partial charge in [-0.3, -0.25) is 14.4 Å². The Balaban J connectivity index is 2.69. The van der Waals surface area contributed by atoms with Crippen LogP contribution in [0.1, 0.15) is 0 Å². The standard InChI is InChI=1S/C5H11N3S/c1-6-9(7-2)4-3-8-5-9/h3-7H,1-2H3. The highest BCUT2D eigenvalue weighted by Crippen LogP contribution is 2.39. The highest BCUT2D eigenvalue weighted by molar-refractivity contribution is 8.43. The van der Waals surface area contributed by atoms with E-state index in [0.717, 1.165) is 0 Å². The monoisotopic (exact) mass is 145 g/mol. The molecule has 52 valence electrons. The van der Waals surface area contributed by atoms with E-state index in [9.17, 15) is 0 Å². The summed E-state index contributed by atoms with van der Waals surface area (Å²) in [5.41, 5.74) is 1.91. The molecule has 1 aliphatic heterocycles. The fourth-order valence-electron chi connectivity index (χ4n) is 0.641. The second-order valence-corrected chi connectivity index (χ2v) is 4.38. The Bertz CT molecular complexity index is 134. The average Bonchev–Trinajstić information content (AvgIpc) is 2.36. The van der Waals surface area contributed by atoms with E-state index in [4.69, 9.17) is 0 Å².